The summed E-state index contributed by atoms with van der Waals surface area (Å²) in [6.45, 7) is 9.40. The Kier molecular flexibility index (Phi) is 7.07. The van der Waals surface area contributed by atoms with Crippen molar-refractivity contribution in [2.45, 2.75) is 71.3 Å². The number of halogens is 4. The molecule has 0 unspecified atom stereocenters. The van der Waals surface area contributed by atoms with Gasteiger partial charge in [0.05, 0.1) is 0 Å². The van der Waals surface area contributed by atoms with Gasteiger partial charge in [-0.15, -0.1) is 0 Å². The SMILES string of the molecule is CC(C)(C)OC(=O)N(C(=O)OC(C)(C)C)C1=N[C@](C)(c2cc(Br)ccc2F)C(F)(F)OC1. The van der Waals surface area contributed by atoms with E-state index in [0.717, 1.165) is 19.1 Å². The quantitative estimate of drug-likeness (QED) is 0.452. The van der Waals surface area contributed by atoms with E-state index in [2.05, 4.69) is 25.7 Å². The number of nitrogens with zero attached hydrogens (tertiary/aromatic N) is 2. The Hall–Kier alpha value is -2.14. The zero-order chi connectivity index (χ0) is 24.7. The lowest BCUT2D eigenvalue weighted by molar-refractivity contribution is -0.278. The molecule has 1 aliphatic rings. The lowest BCUT2D eigenvalue weighted by atomic mass is 9.90. The highest BCUT2D eigenvalue weighted by molar-refractivity contribution is 9.10. The van der Waals surface area contributed by atoms with Gasteiger partial charge in [0.25, 0.3) is 0 Å². The van der Waals surface area contributed by atoms with Crippen molar-refractivity contribution in [3.05, 3.63) is 34.1 Å². The van der Waals surface area contributed by atoms with Crippen molar-refractivity contribution < 1.29 is 37.0 Å². The first-order valence-electron chi connectivity index (χ1n) is 9.68. The summed E-state index contributed by atoms with van der Waals surface area (Å²) >= 11 is 3.12. The molecule has 2 amide bonds. The standard InChI is InChI=1S/C21H26BrF3N2O5/c1-18(2,3)31-16(28)27(17(29)32-19(4,5)6)15-11-30-21(24,25)20(7,26-15)13-10-12(22)8-9-14(13)23/h8-10H,11H2,1-7H3/t20-/m1/s1. The zero-order valence-corrected chi connectivity index (χ0v) is 20.5. The van der Waals surface area contributed by atoms with E-state index in [1.807, 2.05) is 0 Å². The van der Waals surface area contributed by atoms with Crippen molar-refractivity contribution in [3.8, 4) is 0 Å². The minimum atomic E-state index is -3.95. The van der Waals surface area contributed by atoms with Crippen LogP contribution in [0.4, 0.5) is 22.8 Å². The number of hydrogen-bond donors (Lipinski definition) is 0. The molecule has 11 heteroatoms. The normalized spacial score (nSPS) is 20.9. The molecule has 1 aromatic rings. The van der Waals surface area contributed by atoms with Crippen LogP contribution in [-0.4, -0.2) is 46.8 Å². The summed E-state index contributed by atoms with van der Waals surface area (Å²) in [5.74, 6) is -1.48. The van der Waals surface area contributed by atoms with Gasteiger partial charge in [-0.05, 0) is 66.7 Å². The van der Waals surface area contributed by atoms with E-state index in [1.165, 1.54) is 6.07 Å². The lowest BCUT2D eigenvalue weighted by Gasteiger charge is -2.39. The highest BCUT2D eigenvalue weighted by Crippen LogP contribution is 2.46. The molecule has 0 N–H and O–H groups in total. The van der Waals surface area contributed by atoms with Crippen LogP contribution >= 0.6 is 15.9 Å². The van der Waals surface area contributed by atoms with Crippen LogP contribution in [0.25, 0.3) is 0 Å². The molecule has 0 saturated heterocycles. The van der Waals surface area contributed by atoms with E-state index in [9.17, 15) is 22.8 Å². The number of rotatable bonds is 1. The predicted molar refractivity (Wildman–Crippen MR) is 114 cm³/mol. The maximum Gasteiger partial charge on any atom is 0.425 e. The smallest absolute Gasteiger partial charge is 0.425 e. The number of amides is 2. The van der Waals surface area contributed by atoms with E-state index in [0.29, 0.717) is 9.37 Å². The van der Waals surface area contributed by atoms with Crippen LogP contribution in [0.1, 0.15) is 54.0 Å². The minimum absolute atomic E-state index is 0.324. The third-order valence-corrected chi connectivity index (χ3v) is 4.66. The highest BCUT2D eigenvalue weighted by Gasteiger charge is 2.58. The van der Waals surface area contributed by atoms with Crippen LogP contribution < -0.4 is 0 Å². The van der Waals surface area contributed by atoms with Crippen molar-refractivity contribution in [2.75, 3.05) is 6.61 Å². The van der Waals surface area contributed by atoms with Gasteiger partial charge in [0.15, 0.2) is 5.54 Å². The first kappa shape index (κ1) is 26.1. The summed E-state index contributed by atoms with van der Waals surface area (Å²) in [7, 11) is 0. The van der Waals surface area contributed by atoms with Gasteiger partial charge in [0.1, 0.15) is 29.5 Å². The van der Waals surface area contributed by atoms with Gasteiger partial charge < -0.3 is 14.2 Å². The fraction of sp³-hybridized carbons (Fsp3) is 0.571. The number of carbonyl (C=O) groups excluding carboxylic acids is 2. The van der Waals surface area contributed by atoms with Crippen LogP contribution in [-0.2, 0) is 19.7 Å². The van der Waals surface area contributed by atoms with Crippen molar-refractivity contribution in [2.24, 2.45) is 4.99 Å². The van der Waals surface area contributed by atoms with Gasteiger partial charge in [-0.3, -0.25) is 0 Å². The number of amidine groups is 1. The van der Waals surface area contributed by atoms with Gasteiger partial charge >= 0.3 is 18.3 Å². The molecule has 0 aromatic heterocycles. The molecule has 1 aromatic carbocycles. The summed E-state index contributed by atoms with van der Waals surface area (Å²) in [4.78, 5) is 30.0. The average Bonchev–Trinajstić information content (AvgIpc) is 2.57. The van der Waals surface area contributed by atoms with Gasteiger partial charge in [-0.25, -0.2) is 19.0 Å². The first-order valence-corrected chi connectivity index (χ1v) is 10.5. The molecule has 0 bridgehead atoms. The van der Waals surface area contributed by atoms with Crippen LogP contribution in [0, 0.1) is 5.82 Å². The fourth-order valence-corrected chi connectivity index (χ4v) is 3.11. The number of carbonyl (C=O) groups is 2. The van der Waals surface area contributed by atoms with Crippen molar-refractivity contribution >= 4 is 34.0 Å². The maximum absolute atomic E-state index is 14.9. The van der Waals surface area contributed by atoms with Crippen molar-refractivity contribution in [1.82, 2.24) is 4.90 Å². The molecule has 1 heterocycles. The second-order valence-electron chi connectivity index (χ2n) is 9.33. The zero-order valence-electron chi connectivity index (χ0n) is 18.9. The van der Waals surface area contributed by atoms with Crippen LogP contribution in [0.15, 0.2) is 27.7 Å². The van der Waals surface area contributed by atoms with E-state index in [1.54, 1.807) is 41.5 Å². The lowest BCUT2D eigenvalue weighted by Crippen LogP contribution is -2.55. The molecular weight excluding hydrogens is 497 g/mol. The maximum atomic E-state index is 14.9. The summed E-state index contributed by atoms with van der Waals surface area (Å²) < 4.78 is 59.8. The Bertz CT molecular complexity index is 912. The van der Waals surface area contributed by atoms with Gasteiger partial charge in [-0.1, -0.05) is 15.9 Å². The van der Waals surface area contributed by atoms with Gasteiger partial charge in [0.2, 0.25) is 0 Å². The first-order chi connectivity index (χ1) is 14.4. The Morgan fingerprint density at radius 3 is 2.06 bits per heavy atom. The Morgan fingerprint density at radius 2 is 1.59 bits per heavy atom. The number of aliphatic imine (C=N–C) groups is 1. The molecule has 0 spiro atoms. The van der Waals surface area contributed by atoms with E-state index >= 15 is 0 Å². The number of alkyl halides is 2. The summed E-state index contributed by atoms with van der Waals surface area (Å²) in [6.07, 6.45) is -6.35. The molecular formula is C21H26BrF3N2O5. The second kappa shape index (κ2) is 8.66. The molecule has 1 atom stereocenters. The third kappa shape index (κ3) is 5.80. The summed E-state index contributed by atoms with van der Waals surface area (Å²) in [6, 6.07) is 3.46. The Balaban J connectivity index is 2.65. The molecule has 32 heavy (non-hydrogen) atoms. The van der Waals surface area contributed by atoms with Crippen molar-refractivity contribution in [1.29, 1.82) is 0 Å². The summed E-state index contributed by atoms with van der Waals surface area (Å²) in [5, 5.41) is 0. The molecule has 0 saturated carbocycles. The van der Waals surface area contributed by atoms with E-state index < -0.39 is 58.9 Å². The largest absolute Gasteiger partial charge is 0.443 e. The third-order valence-electron chi connectivity index (χ3n) is 4.17. The number of hydrogen-bond acceptors (Lipinski definition) is 6. The fourth-order valence-electron chi connectivity index (χ4n) is 2.75. The average molecular weight is 523 g/mol. The van der Waals surface area contributed by atoms with Gasteiger partial charge in [-0.2, -0.15) is 13.7 Å². The highest BCUT2D eigenvalue weighted by atomic mass is 79.9. The number of ether oxygens (including phenoxy) is 3. The number of imide groups is 1. The second-order valence-corrected chi connectivity index (χ2v) is 10.2. The van der Waals surface area contributed by atoms with Crippen LogP contribution in [0.5, 0.6) is 0 Å². The molecule has 7 nitrogen and oxygen atoms in total. The molecule has 0 aliphatic carbocycles. The molecule has 1 aliphatic heterocycles. The van der Waals surface area contributed by atoms with Crippen LogP contribution in [0.3, 0.4) is 0 Å². The summed E-state index contributed by atoms with van der Waals surface area (Å²) in [5.41, 5.74) is -5.13. The Labute approximate surface area is 193 Å². The molecule has 178 valence electrons. The monoisotopic (exact) mass is 522 g/mol. The minimum Gasteiger partial charge on any atom is -0.443 e. The Morgan fingerprint density at radius 1 is 1.09 bits per heavy atom. The number of benzene rings is 1. The van der Waals surface area contributed by atoms with Crippen molar-refractivity contribution in [3.63, 3.8) is 0 Å². The topological polar surface area (TPSA) is 77.4 Å². The van der Waals surface area contributed by atoms with E-state index in [4.69, 9.17) is 9.47 Å². The molecule has 2 rings (SSSR count). The van der Waals surface area contributed by atoms with E-state index in [-0.39, 0.29) is 0 Å². The van der Waals surface area contributed by atoms with Gasteiger partial charge in [0, 0.05) is 10.0 Å². The predicted octanol–water partition coefficient (Wildman–Crippen LogP) is 6.00. The van der Waals surface area contributed by atoms with Crippen LogP contribution in [0.2, 0.25) is 0 Å². The molecule has 0 radical (unpaired) electrons. The molecule has 0 fully saturated rings.